The van der Waals surface area contributed by atoms with Gasteiger partial charge in [0.05, 0.1) is 19.8 Å². The Labute approximate surface area is 113 Å². The number of benzene rings is 1. The predicted molar refractivity (Wildman–Crippen MR) is 72.4 cm³/mol. The Hall–Kier alpha value is -1.75. The van der Waals surface area contributed by atoms with E-state index in [0.717, 1.165) is 25.9 Å². The summed E-state index contributed by atoms with van der Waals surface area (Å²) in [6, 6.07) is 5.19. The van der Waals surface area contributed by atoms with Gasteiger partial charge in [0.2, 0.25) is 0 Å². The highest BCUT2D eigenvalue weighted by Gasteiger charge is 2.17. The maximum Gasteiger partial charge on any atom is 0.269 e. The Bertz CT molecular complexity index is 442. The normalized spacial score (nSPS) is 15.9. The highest BCUT2D eigenvalue weighted by molar-refractivity contribution is 5.96. The van der Waals surface area contributed by atoms with Crippen molar-refractivity contribution in [3.63, 3.8) is 0 Å². The number of nitrogens with zero attached hydrogens (tertiary/aromatic N) is 1. The Balaban J connectivity index is 2.09. The monoisotopic (exact) mass is 264 g/mol. The lowest BCUT2D eigenvalue weighted by atomic mass is 10.1. The first-order valence-corrected chi connectivity index (χ1v) is 6.52. The summed E-state index contributed by atoms with van der Waals surface area (Å²) in [5, 5.41) is 1.97. The first-order chi connectivity index (χ1) is 9.24. The fraction of sp³-hybridized carbons (Fsp3) is 0.500. The summed E-state index contributed by atoms with van der Waals surface area (Å²) in [6.07, 6.45) is 3.48. The number of piperidine rings is 1. The minimum atomic E-state index is -0.138. The molecule has 5 heteroatoms. The Morgan fingerprint density at radius 3 is 2.53 bits per heavy atom. The lowest BCUT2D eigenvalue weighted by Gasteiger charge is -2.27. The van der Waals surface area contributed by atoms with Crippen LogP contribution in [0.25, 0.3) is 0 Å². The molecule has 0 atom stereocenters. The highest BCUT2D eigenvalue weighted by Crippen LogP contribution is 2.24. The standard InChI is InChI=1S/C14H20N2O3/c1-18-11-6-7-12(13(10-11)19-2)14(17)15-16-8-4-3-5-9-16/h6-7,10H,3-5,8-9H2,1-2H3,(H,15,17). The molecule has 1 aromatic carbocycles. The minimum Gasteiger partial charge on any atom is -0.497 e. The topological polar surface area (TPSA) is 50.8 Å². The van der Waals surface area contributed by atoms with Crippen LogP contribution >= 0.6 is 0 Å². The van der Waals surface area contributed by atoms with E-state index in [1.807, 2.05) is 5.01 Å². The third-order valence-electron chi connectivity index (χ3n) is 3.27. The van der Waals surface area contributed by atoms with Gasteiger partial charge in [-0.2, -0.15) is 0 Å². The molecule has 1 aromatic rings. The second-order valence-corrected chi connectivity index (χ2v) is 4.55. The second-order valence-electron chi connectivity index (χ2n) is 4.55. The van der Waals surface area contributed by atoms with E-state index in [4.69, 9.17) is 9.47 Å². The van der Waals surface area contributed by atoms with E-state index >= 15 is 0 Å². The van der Waals surface area contributed by atoms with Crippen LogP contribution in [0, 0.1) is 0 Å². The van der Waals surface area contributed by atoms with Gasteiger partial charge in [0, 0.05) is 19.2 Å². The van der Waals surface area contributed by atoms with E-state index in [1.54, 1.807) is 32.4 Å². The van der Waals surface area contributed by atoms with Gasteiger partial charge in [0.15, 0.2) is 0 Å². The number of amides is 1. The number of carbonyl (C=O) groups excluding carboxylic acids is 1. The fourth-order valence-corrected chi connectivity index (χ4v) is 2.20. The molecule has 1 heterocycles. The van der Waals surface area contributed by atoms with E-state index < -0.39 is 0 Å². The Kier molecular flexibility index (Phi) is 4.63. The minimum absolute atomic E-state index is 0.138. The third kappa shape index (κ3) is 3.38. The van der Waals surface area contributed by atoms with Crippen LogP contribution in [0.3, 0.4) is 0 Å². The van der Waals surface area contributed by atoms with Gasteiger partial charge in [0.25, 0.3) is 5.91 Å². The SMILES string of the molecule is COc1ccc(C(=O)NN2CCCCC2)c(OC)c1. The number of hydrazine groups is 1. The maximum absolute atomic E-state index is 12.2. The molecule has 0 aliphatic carbocycles. The summed E-state index contributed by atoms with van der Waals surface area (Å²) in [5.41, 5.74) is 3.44. The van der Waals surface area contributed by atoms with Gasteiger partial charge < -0.3 is 9.47 Å². The van der Waals surface area contributed by atoms with Crippen LogP contribution in [0.4, 0.5) is 0 Å². The van der Waals surface area contributed by atoms with Crippen molar-refractivity contribution in [1.82, 2.24) is 10.4 Å². The molecule has 1 N–H and O–H groups in total. The van der Waals surface area contributed by atoms with Crippen LogP contribution in [0.15, 0.2) is 18.2 Å². The number of methoxy groups -OCH3 is 2. The van der Waals surface area contributed by atoms with Gasteiger partial charge in [-0.15, -0.1) is 0 Å². The van der Waals surface area contributed by atoms with Crippen LogP contribution in [-0.2, 0) is 0 Å². The summed E-state index contributed by atoms with van der Waals surface area (Å²) < 4.78 is 10.4. The fourth-order valence-electron chi connectivity index (χ4n) is 2.20. The van der Waals surface area contributed by atoms with Gasteiger partial charge >= 0.3 is 0 Å². The molecule has 0 aromatic heterocycles. The molecule has 104 valence electrons. The molecular formula is C14H20N2O3. The molecule has 0 radical (unpaired) electrons. The smallest absolute Gasteiger partial charge is 0.269 e. The van der Waals surface area contributed by atoms with Crippen LogP contribution in [0.2, 0.25) is 0 Å². The average Bonchev–Trinajstić information content (AvgIpc) is 2.47. The Morgan fingerprint density at radius 2 is 1.89 bits per heavy atom. The van der Waals surface area contributed by atoms with Crippen LogP contribution in [-0.4, -0.2) is 38.2 Å². The maximum atomic E-state index is 12.2. The van der Waals surface area contributed by atoms with Gasteiger partial charge in [-0.25, -0.2) is 5.01 Å². The van der Waals surface area contributed by atoms with Gasteiger partial charge in [0.1, 0.15) is 11.5 Å². The Morgan fingerprint density at radius 1 is 1.16 bits per heavy atom. The van der Waals surface area contributed by atoms with Gasteiger partial charge in [-0.3, -0.25) is 10.2 Å². The average molecular weight is 264 g/mol. The predicted octanol–water partition coefficient (Wildman–Crippen LogP) is 1.83. The molecule has 19 heavy (non-hydrogen) atoms. The van der Waals surface area contributed by atoms with Crippen molar-refractivity contribution in [3.8, 4) is 11.5 Å². The number of hydrogen-bond acceptors (Lipinski definition) is 4. The van der Waals surface area contributed by atoms with E-state index in [2.05, 4.69) is 5.43 Å². The molecule has 1 aliphatic rings. The first-order valence-electron chi connectivity index (χ1n) is 6.52. The third-order valence-corrected chi connectivity index (χ3v) is 3.27. The number of rotatable bonds is 4. The molecule has 1 amide bonds. The van der Waals surface area contributed by atoms with Crippen molar-refractivity contribution in [1.29, 1.82) is 0 Å². The van der Waals surface area contributed by atoms with Gasteiger partial charge in [-0.05, 0) is 25.0 Å². The number of nitrogens with one attached hydrogen (secondary N) is 1. The van der Waals surface area contributed by atoms with Crippen molar-refractivity contribution in [2.45, 2.75) is 19.3 Å². The van der Waals surface area contributed by atoms with Crippen molar-refractivity contribution in [3.05, 3.63) is 23.8 Å². The summed E-state index contributed by atoms with van der Waals surface area (Å²) >= 11 is 0. The largest absolute Gasteiger partial charge is 0.497 e. The summed E-state index contributed by atoms with van der Waals surface area (Å²) in [5.74, 6) is 1.06. The van der Waals surface area contributed by atoms with Gasteiger partial charge in [-0.1, -0.05) is 6.42 Å². The summed E-state index contributed by atoms with van der Waals surface area (Å²) in [7, 11) is 3.13. The summed E-state index contributed by atoms with van der Waals surface area (Å²) in [4.78, 5) is 12.2. The summed E-state index contributed by atoms with van der Waals surface area (Å²) in [6.45, 7) is 1.81. The molecule has 0 unspecified atom stereocenters. The quantitative estimate of drug-likeness (QED) is 0.901. The molecular weight excluding hydrogens is 244 g/mol. The second kappa shape index (κ2) is 6.43. The molecule has 0 spiro atoms. The molecule has 0 bridgehead atoms. The van der Waals surface area contributed by atoms with E-state index in [1.165, 1.54) is 6.42 Å². The van der Waals surface area contributed by atoms with Crippen molar-refractivity contribution < 1.29 is 14.3 Å². The van der Waals surface area contributed by atoms with Crippen molar-refractivity contribution in [2.24, 2.45) is 0 Å². The number of carbonyl (C=O) groups is 1. The molecule has 1 saturated heterocycles. The lowest BCUT2D eigenvalue weighted by molar-refractivity contribution is 0.0747. The molecule has 5 nitrogen and oxygen atoms in total. The van der Waals surface area contributed by atoms with Crippen LogP contribution in [0.5, 0.6) is 11.5 Å². The molecule has 2 rings (SSSR count). The zero-order valence-electron chi connectivity index (χ0n) is 11.4. The molecule has 1 aliphatic heterocycles. The zero-order valence-corrected chi connectivity index (χ0v) is 11.4. The van der Waals surface area contributed by atoms with Crippen LogP contribution < -0.4 is 14.9 Å². The zero-order chi connectivity index (χ0) is 13.7. The number of hydrogen-bond donors (Lipinski definition) is 1. The van der Waals surface area contributed by atoms with Crippen molar-refractivity contribution in [2.75, 3.05) is 27.3 Å². The van der Waals surface area contributed by atoms with E-state index in [-0.39, 0.29) is 5.91 Å². The van der Waals surface area contributed by atoms with E-state index in [0.29, 0.717) is 17.1 Å². The molecule has 0 saturated carbocycles. The van der Waals surface area contributed by atoms with E-state index in [9.17, 15) is 4.79 Å². The highest BCUT2D eigenvalue weighted by atomic mass is 16.5. The first kappa shape index (κ1) is 13.7. The van der Waals surface area contributed by atoms with Crippen LogP contribution in [0.1, 0.15) is 29.6 Å². The molecule has 1 fully saturated rings. The van der Waals surface area contributed by atoms with Crippen molar-refractivity contribution >= 4 is 5.91 Å². The number of ether oxygens (including phenoxy) is 2. The lowest BCUT2D eigenvalue weighted by Crippen LogP contribution is -2.45.